The molecule has 5 nitrogen and oxygen atoms in total. The highest BCUT2D eigenvalue weighted by atomic mass is 15.1. The van der Waals surface area contributed by atoms with E-state index >= 15 is 0 Å². The Balaban J connectivity index is 1.84. The Labute approximate surface area is 100 Å². The lowest BCUT2D eigenvalue weighted by Crippen LogP contribution is -2.18. The molecule has 0 bridgehead atoms. The van der Waals surface area contributed by atoms with Gasteiger partial charge in [-0.1, -0.05) is 12.8 Å². The van der Waals surface area contributed by atoms with Crippen molar-refractivity contribution in [2.75, 3.05) is 11.1 Å². The molecule has 0 spiro atoms. The van der Waals surface area contributed by atoms with Crippen molar-refractivity contribution in [1.82, 2.24) is 14.4 Å². The SMILES string of the molecule is CC(CC1CC1)Nc1nc(N)cn2ccnc12. The molecule has 5 heteroatoms. The Morgan fingerprint density at radius 2 is 2.41 bits per heavy atom. The van der Waals surface area contributed by atoms with Crippen LogP contribution in [0, 0.1) is 5.92 Å². The molecule has 0 saturated heterocycles. The Kier molecular flexibility index (Phi) is 2.39. The van der Waals surface area contributed by atoms with E-state index in [1.165, 1.54) is 19.3 Å². The summed E-state index contributed by atoms with van der Waals surface area (Å²) >= 11 is 0. The number of fused-ring (bicyclic) bond motifs is 1. The predicted molar refractivity (Wildman–Crippen MR) is 67.8 cm³/mol. The standard InChI is InChI=1S/C12H17N5/c1-8(6-9-2-3-9)15-11-12-14-4-5-17(12)7-10(13)16-11/h4-5,7-9H,2-3,6,13H2,1H3,(H,15,16). The van der Waals surface area contributed by atoms with Crippen molar-refractivity contribution in [1.29, 1.82) is 0 Å². The largest absolute Gasteiger partial charge is 0.382 e. The quantitative estimate of drug-likeness (QED) is 0.843. The third kappa shape index (κ3) is 2.18. The fourth-order valence-corrected chi connectivity index (χ4v) is 2.19. The summed E-state index contributed by atoms with van der Waals surface area (Å²) < 4.78 is 1.90. The number of anilines is 2. The number of nitrogens with two attached hydrogens (primary N) is 1. The van der Waals surface area contributed by atoms with Gasteiger partial charge in [0, 0.05) is 18.4 Å². The molecule has 17 heavy (non-hydrogen) atoms. The first-order valence-electron chi connectivity index (χ1n) is 6.08. The molecule has 2 heterocycles. The van der Waals surface area contributed by atoms with Crippen LogP contribution in [0.3, 0.4) is 0 Å². The van der Waals surface area contributed by atoms with Crippen LogP contribution >= 0.6 is 0 Å². The molecule has 0 amide bonds. The highest BCUT2D eigenvalue weighted by Gasteiger charge is 2.24. The summed E-state index contributed by atoms with van der Waals surface area (Å²) in [7, 11) is 0. The highest BCUT2D eigenvalue weighted by molar-refractivity contribution is 5.65. The van der Waals surface area contributed by atoms with Gasteiger partial charge in [-0.15, -0.1) is 0 Å². The molecule has 1 fully saturated rings. The van der Waals surface area contributed by atoms with Gasteiger partial charge in [-0.3, -0.25) is 0 Å². The average Bonchev–Trinajstić information content (AvgIpc) is 2.94. The maximum absolute atomic E-state index is 5.77. The molecular formula is C12H17N5. The Morgan fingerprint density at radius 3 is 3.18 bits per heavy atom. The van der Waals surface area contributed by atoms with Crippen LogP contribution in [0.25, 0.3) is 5.65 Å². The summed E-state index contributed by atoms with van der Waals surface area (Å²) in [6, 6.07) is 0.414. The Morgan fingerprint density at radius 1 is 1.59 bits per heavy atom. The van der Waals surface area contributed by atoms with Crippen LogP contribution in [0.4, 0.5) is 11.6 Å². The van der Waals surface area contributed by atoms with Crippen LogP contribution in [-0.2, 0) is 0 Å². The maximum Gasteiger partial charge on any atom is 0.180 e. The van der Waals surface area contributed by atoms with Gasteiger partial charge in [0.2, 0.25) is 0 Å². The van der Waals surface area contributed by atoms with Gasteiger partial charge < -0.3 is 15.5 Å². The third-order valence-corrected chi connectivity index (χ3v) is 3.16. The van der Waals surface area contributed by atoms with Crippen LogP contribution in [0.2, 0.25) is 0 Å². The molecule has 1 unspecified atom stereocenters. The van der Waals surface area contributed by atoms with E-state index in [1.54, 1.807) is 12.4 Å². The van der Waals surface area contributed by atoms with Crippen LogP contribution in [0.15, 0.2) is 18.6 Å². The number of nitrogen functional groups attached to an aromatic ring is 1. The fraction of sp³-hybridized carbons (Fsp3) is 0.500. The van der Waals surface area contributed by atoms with Gasteiger partial charge >= 0.3 is 0 Å². The molecule has 3 rings (SSSR count). The number of hydrogen-bond acceptors (Lipinski definition) is 4. The molecule has 0 aromatic carbocycles. The third-order valence-electron chi connectivity index (χ3n) is 3.16. The zero-order valence-electron chi connectivity index (χ0n) is 9.93. The maximum atomic E-state index is 5.77. The van der Waals surface area contributed by atoms with E-state index in [1.807, 2.05) is 10.6 Å². The smallest absolute Gasteiger partial charge is 0.180 e. The first kappa shape index (κ1) is 10.4. The van der Waals surface area contributed by atoms with Gasteiger partial charge in [0.15, 0.2) is 11.5 Å². The molecule has 0 radical (unpaired) electrons. The number of hydrogen-bond donors (Lipinski definition) is 2. The van der Waals surface area contributed by atoms with Gasteiger partial charge in [0.25, 0.3) is 0 Å². The first-order valence-corrected chi connectivity index (χ1v) is 6.08. The molecule has 1 aliphatic carbocycles. The Hall–Kier alpha value is -1.78. The number of nitrogens with zero attached hydrogens (tertiary/aromatic N) is 3. The van der Waals surface area contributed by atoms with E-state index in [2.05, 4.69) is 22.2 Å². The summed E-state index contributed by atoms with van der Waals surface area (Å²) in [5.41, 5.74) is 6.61. The minimum Gasteiger partial charge on any atom is -0.382 e. The number of aromatic nitrogens is 3. The van der Waals surface area contributed by atoms with E-state index in [4.69, 9.17) is 5.73 Å². The molecule has 0 aliphatic heterocycles. The highest BCUT2D eigenvalue weighted by Crippen LogP contribution is 2.34. The summed E-state index contributed by atoms with van der Waals surface area (Å²) in [6.07, 6.45) is 9.35. The minimum atomic E-state index is 0.414. The molecule has 2 aromatic heterocycles. The van der Waals surface area contributed by atoms with Gasteiger partial charge in [0.1, 0.15) is 5.82 Å². The zero-order chi connectivity index (χ0) is 11.8. The second-order valence-corrected chi connectivity index (χ2v) is 4.90. The van der Waals surface area contributed by atoms with Gasteiger partial charge in [-0.05, 0) is 19.3 Å². The Bertz CT molecular complexity index is 529. The molecular weight excluding hydrogens is 214 g/mol. The predicted octanol–water partition coefficient (Wildman–Crippen LogP) is 1.91. The average molecular weight is 231 g/mol. The number of nitrogens with one attached hydrogen (secondary N) is 1. The molecule has 2 aromatic rings. The lowest BCUT2D eigenvalue weighted by Gasteiger charge is -2.14. The number of rotatable bonds is 4. The first-order chi connectivity index (χ1) is 8.22. The minimum absolute atomic E-state index is 0.414. The van der Waals surface area contributed by atoms with Crippen molar-refractivity contribution in [3.05, 3.63) is 18.6 Å². The van der Waals surface area contributed by atoms with E-state index in [0.29, 0.717) is 11.9 Å². The van der Waals surface area contributed by atoms with Crippen molar-refractivity contribution >= 4 is 17.3 Å². The lowest BCUT2D eigenvalue weighted by atomic mass is 10.1. The normalized spacial score (nSPS) is 17.2. The van der Waals surface area contributed by atoms with Crippen molar-refractivity contribution in [3.63, 3.8) is 0 Å². The zero-order valence-corrected chi connectivity index (χ0v) is 9.93. The molecule has 1 saturated carbocycles. The second kappa shape index (κ2) is 3.91. The lowest BCUT2D eigenvalue weighted by molar-refractivity contribution is 0.640. The van der Waals surface area contributed by atoms with E-state index in [0.717, 1.165) is 17.4 Å². The summed E-state index contributed by atoms with van der Waals surface area (Å²) in [5, 5.41) is 3.41. The summed E-state index contributed by atoms with van der Waals surface area (Å²) in [6.45, 7) is 2.18. The van der Waals surface area contributed by atoms with Crippen molar-refractivity contribution in [2.24, 2.45) is 5.92 Å². The van der Waals surface area contributed by atoms with E-state index in [9.17, 15) is 0 Å². The molecule has 1 atom stereocenters. The topological polar surface area (TPSA) is 68.2 Å². The van der Waals surface area contributed by atoms with Crippen LogP contribution in [0.5, 0.6) is 0 Å². The molecule has 90 valence electrons. The van der Waals surface area contributed by atoms with Crippen molar-refractivity contribution < 1.29 is 0 Å². The molecule has 1 aliphatic rings. The molecule has 3 N–H and O–H groups in total. The van der Waals surface area contributed by atoms with Crippen molar-refractivity contribution in [2.45, 2.75) is 32.2 Å². The van der Waals surface area contributed by atoms with Crippen molar-refractivity contribution in [3.8, 4) is 0 Å². The second-order valence-electron chi connectivity index (χ2n) is 4.90. The van der Waals surface area contributed by atoms with Gasteiger partial charge in [-0.2, -0.15) is 0 Å². The van der Waals surface area contributed by atoms with Crippen LogP contribution < -0.4 is 11.1 Å². The number of imidazole rings is 1. The van der Waals surface area contributed by atoms with E-state index < -0.39 is 0 Å². The summed E-state index contributed by atoms with van der Waals surface area (Å²) in [5.74, 6) is 2.19. The van der Waals surface area contributed by atoms with Crippen LogP contribution in [-0.4, -0.2) is 20.4 Å². The van der Waals surface area contributed by atoms with Gasteiger partial charge in [0.05, 0.1) is 6.20 Å². The van der Waals surface area contributed by atoms with Crippen LogP contribution in [0.1, 0.15) is 26.2 Å². The monoisotopic (exact) mass is 231 g/mol. The fourth-order valence-electron chi connectivity index (χ4n) is 2.19. The summed E-state index contributed by atoms with van der Waals surface area (Å²) in [4.78, 5) is 8.61. The van der Waals surface area contributed by atoms with Gasteiger partial charge in [-0.25, -0.2) is 9.97 Å². The van der Waals surface area contributed by atoms with E-state index in [-0.39, 0.29) is 0 Å².